The summed E-state index contributed by atoms with van der Waals surface area (Å²) in [6, 6.07) is 27.0. The molecule has 0 aromatic heterocycles. The molecular formula is C28H20BrClN2O2. The summed E-state index contributed by atoms with van der Waals surface area (Å²) in [5.74, 6) is 0.00921. The molecule has 0 saturated heterocycles. The molecule has 4 rings (SSSR count). The predicted octanol–water partition coefficient (Wildman–Crippen LogP) is 7.69. The first-order chi connectivity index (χ1) is 16.5. The summed E-state index contributed by atoms with van der Waals surface area (Å²) in [4.78, 5) is 12.6. The van der Waals surface area contributed by atoms with Gasteiger partial charge < -0.3 is 10.1 Å². The molecule has 168 valence electrons. The summed E-state index contributed by atoms with van der Waals surface area (Å²) in [7, 11) is 0. The molecule has 0 aliphatic rings. The van der Waals surface area contributed by atoms with Gasteiger partial charge in [-0.1, -0.05) is 72.3 Å². The second-order valence-corrected chi connectivity index (χ2v) is 8.94. The van der Waals surface area contributed by atoms with Crippen molar-refractivity contribution < 1.29 is 9.53 Å². The minimum absolute atomic E-state index is 0.0318. The number of aryl methyl sites for hydroxylation is 1. The van der Waals surface area contributed by atoms with Crippen molar-refractivity contribution in [2.24, 2.45) is 0 Å². The van der Waals surface area contributed by atoms with Crippen LogP contribution in [0.2, 0.25) is 5.02 Å². The standard InChI is InChI=1S/C28H20BrClN2O2/c1-18-7-2-5-12-26(18)32-28(33)22(16-31)13-19-14-24(29)27(25(30)15-19)34-17-21-10-6-9-20-8-3-4-11-23(20)21/h2-15H,17H2,1H3,(H,32,33)/b22-13-. The summed E-state index contributed by atoms with van der Waals surface area (Å²) in [6.07, 6.45) is 1.50. The number of rotatable bonds is 6. The second-order valence-electron chi connectivity index (χ2n) is 7.68. The number of fused-ring (bicyclic) bond motifs is 1. The first-order valence-electron chi connectivity index (χ1n) is 10.5. The number of amides is 1. The van der Waals surface area contributed by atoms with Gasteiger partial charge in [-0.15, -0.1) is 0 Å². The number of ether oxygens (including phenoxy) is 1. The Morgan fingerprint density at radius 3 is 2.59 bits per heavy atom. The summed E-state index contributed by atoms with van der Waals surface area (Å²) < 4.78 is 6.67. The molecule has 4 aromatic rings. The lowest BCUT2D eigenvalue weighted by Crippen LogP contribution is -2.14. The highest BCUT2D eigenvalue weighted by Crippen LogP contribution is 2.36. The largest absolute Gasteiger partial charge is 0.486 e. The monoisotopic (exact) mass is 530 g/mol. The second kappa shape index (κ2) is 10.6. The number of nitriles is 1. The van der Waals surface area contributed by atoms with Crippen molar-refractivity contribution in [1.29, 1.82) is 5.26 Å². The lowest BCUT2D eigenvalue weighted by Gasteiger charge is -2.13. The Morgan fingerprint density at radius 1 is 1.09 bits per heavy atom. The average molecular weight is 532 g/mol. The van der Waals surface area contributed by atoms with Crippen LogP contribution in [-0.4, -0.2) is 5.91 Å². The third kappa shape index (κ3) is 5.31. The Kier molecular flexibility index (Phi) is 7.32. The summed E-state index contributed by atoms with van der Waals surface area (Å²) in [5.41, 5.74) is 3.18. The van der Waals surface area contributed by atoms with Gasteiger partial charge in [0.15, 0.2) is 5.75 Å². The van der Waals surface area contributed by atoms with E-state index in [-0.39, 0.29) is 5.57 Å². The van der Waals surface area contributed by atoms with Gasteiger partial charge in [-0.05, 0) is 74.6 Å². The minimum atomic E-state index is -0.486. The lowest BCUT2D eigenvalue weighted by atomic mass is 10.1. The molecule has 4 nitrogen and oxygen atoms in total. The maximum atomic E-state index is 12.6. The molecular weight excluding hydrogens is 512 g/mol. The Bertz CT molecular complexity index is 1430. The van der Waals surface area contributed by atoms with Gasteiger partial charge in [-0.25, -0.2) is 0 Å². The molecule has 0 aliphatic carbocycles. The molecule has 0 atom stereocenters. The number of hydrogen-bond donors (Lipinski definition) is 1. The van der Waals surface area contributed by atoms with E-state index in [4.69, 9.17) is 16.3 Å². The number of carbonyl (C=O) groups excluding carboxylic acids is 1. The molecule has 0 heterocycles. The molecule has 34 heavy (non-hydrogen) atoms. The summed E-state index contributed by atoms with van der Waals surface area (Å²) in [5, 5.41) is 15.0. The van der Waals surface area contributed by atoms with E-state index in [1.807, 2.05) is 55.5 Å². The van der Waals surface area contributed by atoms with Gasteiger partial charge in [-0.3, -0.25) is 4.79 Å². The number of para-hydroxylation sites is 1. The maximum Gasteiger partial charge on any atom is 0.266 e. The molecule has 6 heteroatoms. The zero-order chi connectivity index (χ0) is 24.1. The Labute approximate surface area is 211 Å². The fourth-order valence-electron chi connectivity index (χ4n) is 3.59. The quantitative estimate of drug-likeness (QED) is 0.205. The van der Waals surface area contributed by atoms with E-state index in [0.29, 0.717) is 33.1 Å². The third-order valence-corrected chi connectivity index (χ3v) is 6.21. The van der Waals surface area contributed by atoms with Crippen LogP contribution in [-0.2, 0) is 11.4 Å². The van der Waals surface area contributed by atoms with E-state index in [1.54, 1.807) is 18.2 Å². The first kappa shape index (κ1) is 23.6. The van der Waals surface area contributed by atoms with Crippen LogP contribution in [0.25, 0.3) is 16.8 Å². The topological polar surface area (TPSA) is 62.1 Å². The van der Waals surface area contributed by atoms with Crippen molar-refractivity contribution >= 4 is 56.0 Å². The lowest BCUT2D eigenvalue weighted by molar-refractivity contribution is -0.112. The van der Waals surface area contributed by atoms with Crippen molar-refractivity contribution in [3.63, 3.8) is 0 Å². The van der Waals surface area contributed by atoms with Crippen LogP contribution in [0.3, 0.4) is 0 Å². The molecule has 0 fully saturated rings. The molecule has 0 radical (unpaired) electrons. The van der Waals surface area contributed by atoms with E-state index in [0.717, 1.165) is 21.9 Å². The van der Waals surface area contributed by atoms with E-state index >= 15 is 0 Å². The molecule has 1 N–H and O–H groups in total. The highest BCUT2D eigenvalue weighted by molar-refractivity contribution is 9.10. The van der Waals surface area contributed by atoms with Crippen molar-refractivity contribution in [3.05, 3.63) is 111 Å². The van der Waals surface area contributed by atoms with Crippen molar-refractivity contribution in [2.45, 2.75) is 13.5 Å². The number of halogens is 2. The molecule has 0 spiro atoms. The number of nitrogens with one attached hydrogen (secondary N) is 1. The Hall–Kier alpha value is -3.59. The van der Waals surface area contributed by atoms with Gasteiger partial charge in [0.1, 0.15) is 18.2 Å². The summed E-state index contributed by atoms with van der Waals surface area (Å²) in [6.45, 7) is 2.23. The predicted molar refractivity (Wildman–Crippen MR) is 141 cm³/mol. The van der Waals surface area contributed by atoms with E-state index in [1.165, 1.54) is 6.08 Å². The fourth-order valence-corrected chi connectivity index (χ4v) is 4.58. The SMILES string of the molecule is Cc1ccccc1NC(=O)/C(C#N)=C\c1cc(Cl)c(OCc2cccc3ccccc23)c(Br)c1. The van der Waals surface area contributed by atoms with Crippen LogP contribution in [0.4, 0.5) is 5.69 Å². The van der Waals surface area contributed by atoms with Crippen LogP contribution < -0.4 is 10.1 Å². The third-order valence-electron chi connectivity index (χ3n) is 5.34. The van der Waals surface area contributed by atoms with Gasteiger partial charge in [-0.2, -0.15) is 5.26 Å². The van der Waals surface area contributed by atoms with Gasteiger partial charge in [0.25, 0.3) is 5.91 Å². The number of nitrogens with zero attached hydrogens (tertiary/aromatic N) is 1. The van der Waals surface area contributed by atoms with Crippen molar-refractivity contribution in [3.8, 4) is 11.8 Å². The number of hydrogen-bond acceptors (Lipinski definition) is 3. The van der Waals surface area contributed by atoms with Crippen molar-refractivity contribution in [1.82, 2.24) is 0 Å². The molecule has 0 unspecified atom stereocenters. The number of benzene rings is 4. The fraction of sp³-hybridized carbons (Fsp3) is 0.0714. The van der Waals surface area contributed by atoms with Gasteiger partial charge in [0.05, 0.1) is 9.50 Å². The smallest absolute Gasteiger partial charge is 0.266 e. The normalized spacial score (nSPS) is 11.2. The summed E-state index contributed by atoms with van der Waals surface area (Å²) >= 11 is 10.0. The van der Waals surface area contributed by atoms with Crippen LogP contribution >= 0.6 is 27.5 Å². The van der Waals surface area contributed by atoms with E-state index < -0.39 is 5.91 Å². The van der Waals surface area contributed by atoms with Gasteiger partial charge in [0, 0.05) is 5.69 Å². The number of anilines is 1. The Balaban J connectivity index is 1.54. The number of carbonyl (C=O) groups is 1. The molecule has 0 aliphatic heterocycles. The van der Waals surface area contributed by atoms with Gasteiger partial charge in [0.2, 0.25) is 0 Å². The minimum Gasteiger partial charge on any atom is -0.486 e. The van der Waals surface area contributed by atoms with Crippen LogP contribution in [0.1, 0.15) is 16.7 Å². The molecule has 1 amide bonds. The van der Waals surface area contributed by atoms with Crippen LogP contribution in [0.5, 0.6) is 5.75 Å². The highest BCUT2D eigenvalue weighted by atomic mass is 79.9. The van der Waals surface area contributed by atoms with Gasteiger partial charge >= 0.3 is 0 Å². The van der Waals surface area contributed by atoms with Crippen LogP contribution in [0, 0.1) is 18.3 Å². The van der Waals surface area contributed by atoms with E-state index in [9.17, 15) is 10.1 Å². The maximum absolute atomic E-state index is 12.6. The highest BCUT2D eigenvalue weighted by Gasteiger charge is 2.14. The first-order valence-corrected chi connectivity index (χ1v) is 11.7. The average Bonchev–Trinajstić information content (AvgIpc) is 2.83. The zero-order valence-corrected chi connectivity index (χ0v) is 20.7. The molecule has 0 bridgehead atoms. The molecule has 0 saturated carbocycles. The van der Waals surface area contributed by atoms with Crippen LogP contribution in [0.15, 0.2) is 88.9 Å². The van der Waals surface area contributed by atoms with Crippen molar-refractivity contribution in [2.75, 3.05) is 5.32 Å². The zero-order valence-electron chi connectivity index (χ0n) is 18.3. The molecule has 4 aromatic carbocycles. The van der Waals surface area contributed by atoms with E-state index in [2.05, 4.69) is 39.4 Å². The Morgan fingerprint density at radius 2 is 1.82 bits per heavy atom.